The third-order valence-electron chi connectivity index (χ3n) is 2.55. The summed E-state index contributed by atoms with van der Waals surface area (Å²) in [5, 5.41) is 3.19. The lowest BCUT2D eigenvalue weighted by molar-refractivity contribution is -0.162. The molecule has 18 heavy (non-hydrogen) atoms. The fourth-order valence-corrected chi connectivity index (χ4v) is 1.78. The predicted molar refractivity (Wildman–Crippen MR) is 69.9 cm³/mol. The molecular weight excluding hydrogens is 230 g/mol. The molecule has 1 aliphatic heterocycles. The molecule has 0 amide bonds. The SMILES string of the molecule is Cc1ccc2c(c1)NCC(C(=O)OC(C)(C)C)O2. The molecule has 0 saturated carbocycles. The largest absolute Gasteiger partial charge is 0.475 e. The Balaban J connectivity index is 2.08. The van der Waals surface area contributed by atoms with Gasteiger partial charge in [-0.2, -0.15) is 0 Å². The average molecular weight is 249 g/mol. The number of rotatable bonds is 1. The van der Waals surface area contributed by atoms with Gasteiger partial charge < -0.3 is 14.8 Å². The van der Waals surface area contributed by atoms with Crippen LogP contribution in [0.25, 0.3) is 0 Å². The molecule has 4 heteroatoms. The second-order valence-corrected chi connectivity index (χ2v) is 5.52. The van der Waals surface area contributed by atoms with Crippen molar-refractivity contribution in [3.8, 4) is 5.75 Å². The van der Waals surface area contributed by atoms with Crippen LogP contribution < -0.4 is 10.1 Å². The van der Waals surface area contributed by atoms with E-state index in [1.807, 2.05) is 45.9 Å². The summed E-state index contributed by atoms with van der Waals surface area (Å²) >= 11 is 0. The summed E-state index contributed by atoms with van der Waals surface area (Å²) in [6.07, 6.45) is -0.584. The van der Waals surface area contributed by atoms with Gasteiger partial charge in [0, 0.05) is 0 Å². The van der Waals surface area contributed by atoms with Crippen LogP contribution in [0.2, 0.25) is 0 Å². The van der Waals surface area contributed by atoms with Gasteiger partial charge in [0.1, 0.15) is 11.4 Å². The Labute approximate surface area is 107 Å². The van der Waals surface area contributed by atoms with Crippen molar-refractivity contribution in [2.24, 2.45) is 0 Å². The van der Waals surface area contributed by atoms with Gasteiger partial charge in [-0.15, -0.1) is 0 Å². The van der Waals surface area contributed by atoms with Crippen molar-refractivity contribution in [1.82, 2.24) is 0 Å². The molecule has 0 saturated heterocycles. The number of hydrogen-bond acceptors (Lipinski definition) is 4. The van der Waals surface area contributed by atoms with Crippen molar-refractivity contribution in [3.63, 3.8) is 0 Å². The maximum absolute atomic E-state index is 11.9. The topological polar surface area (TPSA) is 47.6 Å². The first-order valence-electron chi connectivity index (χ1n) is 6.09. The minimum Gasteiger partial charge on any atom is -0.475 e. The molecule has 0 spiro atoms. The minimum absolute atomic E-state index is 0.332. The molecule has 1 heterocycles. The zero-order valence-corrected chi connectivity index (χ0v) is 11.2. The van der Waals surface area contributed by atoms with E-state index in [1.165, 1.54) is 0 Å². The van der Waals surface area contributed by atoms with Crippen LogP contribution >= 0.6 is 0 Å². The normalized spacial score (nSPS) is 18.3. The molecule has 1 aromatic rings. The zero-order valence-electron chi connectivity index (χ0n) is 11.2. The fourth-order valence-electron chi connectivity index (χ4n) is 1.78. The number of benzene rings is 1. The number of esters is 1. The van der Waals surface area contributed by atoms with E-state index in [-0.39, 0.29) is 5.97 Å². The molecule has 1 unspecified atom stereocenters. The molecule has 0 fully saturated rings. The molecule has 4 nitrogen and oxygen atoms in total. The van der Waals surface area contributed by atoms with E-state index >= 15 is 0 Å². The molecule has 0 aliphatic carbocycles. The molecule has 0 radical (unpaired) electrons. The van der Waals surface area contributed by atoms with Crippen LogP contribution in [0.3, 0.4) is 0 Å². The Morgan fingerprint density at radius 1 is 1.44 bits per heavy atom. The summed E-state index contributed by atoms with van der Waals surface area (Å²) in [5.41, 5.74) is 1.59. The molecule has 0 aromatic heterocycles. The summed E-state index contributed by atoms with van der Waals surface area (Å²) in [6.45, 7) is 7.99. The van der Waals surface area contributed by atoms with Crippen molar-refractivity contribution in [2.45, 2.75) is 39.4 Å². The highest BCUT2D eigenvalue weighted by molar-refractivity contribution is 5.78. The quantitative estimate of drug-likeness (QED) is 0.777. The molecule has 1 aromatic carbocycles. The van der Waals surface area contributed by atoms with Gasteiger partial charge in [-0.3, -0.25) is 0 Å². The summed E-state index contributed by atoms with van der Waals surface area (Å²) in [6, 6.07) is 5.83. The standard InChI is InChI=1S/C14H19NO3/c1-9-5-6-11-10(7-9)15-8-12(17-11)13(16)18-14(2,3)4/h5-7,12,15H,8H2,1-4H3. The average Bonchev–Trinajstić information content (AvgIpc) is 2.26. The van der Waals surface area contributed by atoms with Crippen LogP contribution in [0.15, 0.2) is 18.2 Å². The lowest BCUT2D eigenvalue weighted by Crippen LogP contribution is -2.41. The molecular formula is C14H19NO3. The number of ether oxygens (including phenoxy) is 2. The van der Waals surface area contributed by atoms with Crippen LogP contribution in [-0.2, 0) is 9.53 Å². The summed E-state index contributed by atoms with van der Waals surface area (Å²) in [5.74, 6) is 0.365. The second kappa shape index (κ2) is 4.52. The van der Waals surface area contributed by atoms with E-state index in [9.17, 15) is 4.79 Å². The molecule has 0 bridgehead atoms. The molecule has 98 valence electrons. The Morgan fingerprint density at radius 3 is 2.83 bits per heavy atom. The van der Waals surface area contributed by atoms with Gasteiger partial charge in [0.15, 0.2) is 0 Å². The van der Waals surface area contributed by atoms with Crippen LogP contribution in [-0.4, -0.2) is 24.2 Å². The van der Waals surface area contributed by atoms with Crippen LogP contribution in [0, 0.1) is 6.92 Å². The van der Waals surface area contributed by atoms with Crippen molar-refractivity contribution in [2.75, 3.05) is 11.9 Å². The first kappa shape index (κ1) is 12.7. The number of anilines is 1. The lowest BCUT2D eigenvalue weighted by Gasteiger charge is -2.29. The van der Waals surface area contributed by atoms with Crippen molar-refractivity contribution in [3.05, 3.63) is 23.8 Å². The highest BCUT2D eigenvalue weighted by atomic mass is 16.6. The Kier molecular flexibility index (Phi) is 3.20. The molecule has 1 atom stereocenters. The molecule has 1 N–H and O–H groups in total. The number of hydrogen-bond donors (Lipinski definition) is 1. The highest BCUT2D eigenvalue weighted by Gasteiger charge is 2.30. The Morgan fingerprint density at radius 2 is 2.17 bits per heavy atom. The summed E-state index contributed by atoms with van der Waals surface area (Å²) < 4.78 is 11.0. The van der Waals surface area contributed by atoms with Crippen LogP contribution in [0.5, 0.6) is 5.75 Å². The number of nitrogens with one attached hydrogen (secondary N) is 1. The highest BCUT2D eigenvalue weighted by Crippen LogP contribution is 2.30. The number of carbonyl (C=O) groups excluding carboxylic acids is 1. The number of carbonyl (C=O) groups is 1. The zero-order chi connectivity index (χ0) is 13.3. The lowest BCUT2D eigenvalue weighted by atomic mass is 10.1. The van der Waals surface area contributed by atoms with Crippen LogP contribution in [0.1, 0.15) is 26.3 Å². The van der Waals surface area contributed by atoms with E-state index in [0.29, 0.717) is 12.3 Å². The van der Waals surface area contributed by atoms with Gasteiger partial charge >= 0.3 is 5.97 Å². The van der Waals surface area contributed by atoms with Gasteiger partial charge in [-0.25, -0.2) is 4.79 Å². The predicted octanol–water partition coefficient (Wildman–Crippen LogP) is 2.51. The molecule has 2 rings (SSSR count). The Hall–Kier alpha value is -1.71. The Bertz CT molecular complexity index is 463. The van der Waals surface area contributed by atoms with Crippen molar-refractivity contribution >= 4 is 11.7 Å². The van der Waals surface area contributed by atoms with Gasteiger partial charge in [0.25, 0.3) is 0 Å². The van der Waals surface area contributed by atoms with Gasteiger partial charge in [0.05, 0.1) is 12.2 Å². The van der Waals surface area contributed by atoms with Crippen molar-refractivity contribution < 1.29 is 14.3 Å². The maximum atomic E-state index is 11.9. The molecule has 1 aliphatic rings. The minimum atomic E-state index is -0.584. The van der Waals surface area contributed by atoms with Gasteiger partial charge in [-0.1, -0.05) is 6.07 Å². The van der Waals surface area contributed by atoms with E-state index in [4.69, 9.17) is 9.47 Å². The van der Waals surface area contributed by atoms with E-state index in [2.05, 4.69) is 5.32 Å². The monoisotopic (exact) mass is 249 g/mol. The van der Waals surface area contributed by atoms with Gasteiger partial charge in [0.2, 0.25) is 6.10 Å². The first-order valence-corrected chi connectivity index (χ1v) is 6.09. The second-order valence-electron chi connectivity index (χ2n) is 5.52. The fraction of sp³-hybridized carbons (Fsp3) is 0.500. The smallest absolute Gasteiger partial charge is 0.349 e. The third-order valence-corrected chi connectivity index (χ3v) is 2.55. The summed E-state index contributed by atoms with van der Waals surface area (Å²) in [4.78, 5) is 11.9. The number of aryl methyl sites for hydroxylation is 1. The first-order chi connectivity index (χ1) is 8.35. The number of fused-ring (bicyclic) bond motifs is 1. The van der Waals surface area contributed by atoms with Crippen LogP contribution in [0.4, 0.5) is 5.69 Å². The maximum Gasteiger partial charge on any atom is 0.349 e. The van der Waals surface area contributed by atoms with E-state index in [0.717, 1.165) is 11.3 Å². The van der Waals surface area contributed by atoms with E-state index < -0.39 is 11.7 Å². The van der Waals surface area contributed by atoms with E-state index in [1.54, 1.807) is 0 Å². The summed E-state index contributed by atoms with van der Waals surface area (Å²) in [7, 11) is 0. The third kappa shape index (κ3) is 2.94. The van der Waals surface area contributed by atoms with Crippen molar-refractivity contribution in [1.29, 1.82) is 0 Å². The van der Waals surface area contributed by atoms with Gasteiger partial charge in [-0.05, 0) is 45.4 Å².